The van der Waals surface area contributed by atoms with E-state index in [4.69, 9.17) is 0 Å². The Balaban J connectivity index is 2.99. The molecule has 1 heterocycles. The van der Waals surface area contributed by atoms with Gasteiger partial charge in [0.1, 0.15) is 11.6 Å². The van der Waals surface area contributed by atoms with Gasteiger partial charge in [0.2, 0.25) is 0 Å². The Morgan fingerprint density at radius 3 is 2.58 bits per heavy atom. The molecule has 0 spiro atoms. The van der Waals surface area contributed by atoms with Crippen molar-refractivity contribution in [1.29, 1.82) is 0 Å². The fourth-order valence-corrected chi connectivity index (χ4v) is 1.41. The van der Waals surface area contributed by atoms with Crippen LogP contribution in [0.2, 0.25) is 0 Å². The Morgan fingerprint density at radius 2 is 2.25 bits per heavy atom. The maximum atomic E-state index is 12.2. The zero-order valence-corrected chi connectivity index (χ0v) is 7.60. The van der Waals surface area contributed by atoms with Crippen molar-refractivity contribution >= 4 is 10.2 Å². The lowest BCUT2D eigenvalue weighted by Crippen LogP contribution is -2.04. The number of hydrogen-bond acceptors (Lipinski definition) is 3. The third-order valence-electron chi connectivity index (χ3n) is 1.62. The van der Waals surface area contributed by atoms with Crippen LogP contribution in [0.5, 0.6) is 0 Å². The van der Waals surface area contributed by atoms with Gasteiger partial charge in [0.05, 0.1) is 0 Å². The predicted molar refractivity (Wildman–Crippen MR) is 41.7 cm³/mol. The van der Waals surface area contributed by atoms with Crippen LogP contribution < -0.4 is 0 Å². The molecule has 0 aliphatic rings. The van der Waals surface area contributed by atoms with E-state index in [0.717, 1.165) is 5.69 Å². The number of hydrogen-bond donors (Lipinski definition) is 0. The first-order valence-corrected chi connectivity index (χ1v) is 4.85. The number of halogens is 1. The molecule has 0 amide bonds. The highest BCUT2D eigenvalue weighted by molar-refractivity contribution is 7.85. The maximum absolute atomic E-state index is 12.2. The smallest absolute Gasteiger partial charge is 0.309 e. The Labute approximate surface area is 70.3 Å². The fourth-order valence-electron chi connectivity index (χ4n) is 0.833. The second kappa shape index (κ2) is 2.85. The van der Waals surface area contributed by atoms with E-state index in [1.165, 1.54) is 10.8 Å². The van der Waals surface area contributed by atoms with Gasteiger partial charge >= 0.3 is 10.2 Å². The molecule has 1 rings (SSSR count). The van der Waals surface area contributed by atoms with Crippen molar-refractivity contribution in [2.75, 3.05) is 0 Å². The van der Waals surface area contributed by atoms with Crippen LogP contribution in [-0.2, 0) is 23.0 Å². The highest BCUT2D eigenvalue weighted by atomic mass is 32.3. The second-order valence-corrected chi connectivity index (χ2v) is 3.92. The topological polar surface area (TPSA) is 52.0 Å². The maximum Gasteiger partial charge on any atom is 0.309 e. The summed E-state index contributed by atoms with van der Waals surface area (Å²) in [5.74, 6) is -0.438. The lowest BCUT2D eigenvalue weighted by Gasteiger charge is -1.98. The van der Waals surface area contributed by atoms with Crippen molar-refractivity contribution in [2.45, 2.75) is 12.7 Å². The summed E-state index contributed by atoms with van der Waals surface area (Å²) < 4.78 is 34.2. The van der Waals surface area contributed by atoms with E-state index in [1.807, 2.05) is 0 Å². The zero-order chi connectivity index (χ0) is 9.35. The monoisotopic (exact) mass is 192 g/mol. The van der Waals surface area contributed by atoms with Crippen molar-refractivity contribution in [2.24, 2.45) is 7.05 Å². The van der Waals surface area contributed by atoms with Crippen LogP contribution in [-0.4, -0.2) is 18.0 Å². The minimum atomic E-state index is -4.47. The third-order valence-corrected chi connectivity index (χ3v) is 2.22. The molecule has 0 fully saturated rings. The van der Waals surface area contributed by atoms with E-state index in [-0.39, 0.29) is 5.82 Å². The third kappa shape index (κ3) is 2.04. The number of rotatable bonds is 2. The van der Waals surface area contributed by atoms with Crippen LogP contribution in [0.1, 0.15) is 11.5 Å². The van der Waals surface area contributed by atoms with Gasteiger partial charge in [-0.1, -0.05) is 0 Å². The normalized spacial score (nSPS) is 11.9. The van der Waals surface area contributed by atoms with E-state index in [0.29, 0.717) is 0 Å². The lowest BCUT2D eigenvalue weighted by molar-refractivity contribution is 0.548. The minimum Gasteiger partial charge on any atom is -0.334 e. The quantitative estimate of drug-likeness (QED) is 0.642. The first-order valence-electron chi connectivity index (χ1n) is 3.29. The van der Waals surface area contributed by atoms with Gasteiger partial charge in [-0.3, -0.25) is 0 Å². The number of nitrogens with zero attached hydrogens (tertiary/aromatic N) is 2. The average molecular weight is 192 g/mol. The summed E-state index contributed by atoms with van der Waals surface area (Å²) in [6.07, 6.45) is 1.50. The van der Waals surface area contributed by atoms with Gasteiger partial charge in [-0.25, -0.2) is 4.98 Å². The van der Waals surface area contributed by atoms with Crippen LogP contribution in [0.3, 0.4) is 0 Å². The van der Waals surface area contributed by atoms with Gasteiger partial charge in [-0.2, -0.15) is 8.42 Å². The Bertz CT molecular complexity index is 382. The summed E-state index contributed by atoms with van der Waals surface area (Å²) in [6, 6.07) is 0. The molecule has 0 saturated carbocycles. The average Bonchev–Trinajstić information content (AvgIpc) is 2.16. The molecule has 0 aliphatic heterocycles. The predicted octanol–water partition coefficient (Wildman–Crippen LogP) is 0.528. The fraction of sp³-hybridized carbons (Fsp3) is 0.500. The second-order valence-electron chi connectivity index (χ2n) is 2.56. The molecule has 1 aromatic rings. The number of aryl methyl sites for hydroxylation is 1. The first kappa shape index (κ1) is 9.18. The van der Waals surface area contributed by atoms with Crippen molar-refractivity contribution in [3.05, 3.63) is 17.7 Å². The molecule has 0 aromatic carbocycles. The molecule has 0 aliphatic carbocycles. The molecular weight excluding hydrogens is 183 g/mol. The van der Waals surface area contributed by atoms with Gasteiger partial charge in [0, 0.05) is 18.9 Å². The molecule has 4 nitrogen and oxygen atoms in total. The highest BCUT2D eigenvalue weighted by Gasteiger charge is 2.13. The molecule has 0 radical (unpaired) electrons. The molecule has 1 aromatic heterocycles. The number of imidazole rings is 1. The van der Waals surface area contributed by atoms with E-state index in [2.05, 4.69) is 4.98 Å². The van der Waals surface area contributed by atoms with E-state index < -0.39 is 16.0 Å². The first-order chi connectivity index (χ1) is 5.40. The summed E-state index contributed by atoms with van der Waals surface area (Å²) in [5, 5.41) is 0. The molecule has 12 heavy (non-hydrogen) atoms. The Kier molecular flexibility index (Phi) is 2.18. The Hall–Kier alpha value is -0.910. The van der Waals surface area contributed by atoms with Crippen LogP contribution in [0, 0.1) is 6.92 Å². The largest absolute Gasteiger partial charge is 0.334 e. The van der Waals surface area contributed by atoms with Crippen LogP contribution in [0.15, 0.2) is 6.20 Å². The molecule has 0 saturated heterocycles. The lowest BCUT2D eigenvalue weighted by atomic mass is 10.5. The van der Waals surface area contributed by atoms with Crippen molar-refractivity contribution in [1.82, 2.24) is 9.55 Å². The SMILES string of the molecule is Cc1cnc(CS(=O)(=O)F)n1C. The minimum absolute atomic E-state index is 0.218. The summed E-state index contributed by atoms with van der Waals surface area (Å²) in [4.78, 5) is 3.74. The van der Waals surface area contributed by atoms with Gasteiger partial charge in [0.15, 0.2) is 0 Å². The van der Waals surface area contributed by atoms with E-state index in [9.17, 15) is 12.3 Å². The standard InChI is InChI=1S/C6H9FN2O2S/c1-5-3-8-6(9(5)2)4-12(7,10)11/h3H,4H2,1-2H3. The van der Waals surface area contributed by atoms with E-state index >= 15 is 0 Å². The Morgan fingerprint density at radius 1 is 1.67 bits per heavy atom. The van der Waals surface area contributed by atoms with Gasteiger partial charge < -0.3 is 4.57 Å². The molecule has 0 unspecified atom stereocenters. The molecule has 0 N–H and O–H groups in total. The van der Waals surface area contributed by atoms with Gasteiger partial charge in [0.25, 0.3) is 0 Å². The van der Waals surface area contributed by atoms with Gasteiger partial charge in [-0.05, 0) is 6.92 Å². The summed E-state index contributed by atoms with van der Waals surface area (Å²) in [7, 11) is -2.83. The molecule has 68 valence electrons. The molecule has 6 heteroatoms. The molecular formula is C6H9FN2O2S. The van der Waals surface area contributed by atoms with Crippen molar-refractivity contribution < 1.29 is 12.3 Å². The summed E-state index contributed by atoms with van der Waals surface area (Å²) in [5.41, 5.74) is 0.800. The molecule has 0 atom stereocenters. The highest BCUT2D eigenvalue weighted by Crippen LogP contribution is 2.06. The van der Waals surface area contributed by atoms with Crippen molar-refractivity contribution in [3.8, 4) is 0 Å². The van der Waals surface area contributed by atoms with Crippen LogP contribution in [0.25, 0.3) is 0 Å². The van der Waals surface area contributed by atoms with Crippen LogP contribution in [0.4, 0.5) is 3.89 Å². The zero-order valence-electron chi connectivity index (χ0n) is 6.78. The van der Waals surface area contributed by atoms with E-state index in [1.54, 1.807) is 14.0 Å². The van der Waals surface area contributed by atoms with Gasteiger partial charge in [-0.15, -0.1) is 3.89 Å². The van der Waals surface area contributed by atoms with Crippen molar-refractivity contribution in [3.63, 3.8) is 0 Å². The van der Waals surface area contributed by atoms with Crippen LogP contribution >= 0.6 is 0 Å². The molecule has 0 bridgehead atoms. The summed E-state index contributed by atoms with van der Waals surface area (Å²) >= 11 is 0. The number of aromatic nitrogens is 2. The summed E-state index contributed by atoms with van der Waals surface area (Å²) in [6.45, 7) is 1.77.